The van der Waals surface area contributed by atoms with E-state index in [-0.39, 0.29) is 5.41 Å². The second-order valence-electron chi connectivity index (χ2n) is 6.06. The Morgan fingerprint density at radius 1 is 1.21 bits per heavy atom. The van der Waals surface area contributed by atoms with E-state index in [2.05, 4.69) is 18.8 Å². The summed E-state index contributed by atoms with van der Waals surface area (Å²) < 4.78 is 0. The summed E-state index contributed by atoms with van der Waals surface area (Å²) in [5, 5.41) is 0.759. The van der Waals surface area contributed by atoms with Gasteiger partial charge in [0.2, 0.25) is 0 Å². The Morgan fingerprint density at radius 2 is 1.89 bits per heavy atom. The van der Waals surface area contributed by atoms with Gasteiger partial charge in [-0.25, -0.2) is 0 Å². The average molecular weight is 278 g/mol. The van der Waals surface area contributed by atoms with Crippen LogP contribution < -0.4 is 0 Å². The first-order valence-electron chi connectivity index (χ1n) is 6.73. The van der Waals surface area contributed by atoms with Crippen LogP contribution in [-0.2, 0) is 11.2 Å². The molecule has 0 aromatic heterocycles. The minimum atomic E-state index is 0.0778. The van der Waals surface area contributed by atoms with E-state index in [0.29, 0.717) is 18.6 Å². The molecule has 102 valence electrons. The van der Waals surface area contributed by atoms with Gasteiger partial charge in [0.25, 0.3) is 0 Å². The molecule has 1 fully saturated rings. The monoisotopic (exact) mass is 277 g/mol. The fourth-order valence-corrected chi connectivity index (χ4v) is 2.73. The first kappa shape index (κ1) is 14.3. The van der Waals surface area contributed by atoms with Crippen molar-refractivity contribution in [1.29, 1.82) is 0 Å². The molecule has 0 aliphatic heterocycles. The third kappa shape index (κ3) is 4.46. The van der Waals surface area contributed by atoms with Crippen LogP contribution in [0.15, 0.2) is 29.3 Å². The van der Waals surface area contributed by atoms with Gasteiger partial charge in [-0.3, -0.25) is 9.79 Å². The molecule has 0 radical (unpaired) electrons. The summed E-state index contributed by atoms with van der Waals surface area (Å²) >= 11 is 5.85. The van der Waals surface area contributed by atoms with Crippen molar-refractivity contribution < 1.29 is 4.79 Å². The molecular formula is C16H20ClNO. The molecule has 19 heavy (non-hydrogen) atoms. The van der Waals surface area contributed by atoms with E-state index >= 15 is 0 Å². The molecule has 0 heterocycles. The van der Waals surface area contributed by atoms with Gasteiger partial charge in [0.15, 0.2) is 0 Å². The summed E-state index contributed by atoms with van der Waals surface area (Å²) in [6, 6.07) is 7.85. The van der Waals surface area contributed by atoms with Crippen LogP contribution in [0.4, 0.5) is 0 Å². The van der Waals surface area contributed by atoms with E-state index in [1.54, 1.807) is 0 Å². The topological polar surface area (TPSA) is 29.4 Å². The van der Waals surface area contributed by atoms with E-state index in [9.17, 15) is 4.79 Å². The van der Waals surface area contributed by atoms with Crippen molar-refractivity contribution in [2.45, 2.75) is 39.5 Å². The van der Waals surface area contributed by atoms with Crippen LogP contribution in [-0.4, -0.2) is 18.0 Å². The molecule has 0 spiro atoms. The molecule has 0 unspecified atom stereocenters. The molecule has 0 N–H and O–H groups in total. The van der Waals surface area contributed by atoms with Crippen LogP contribution in [0.5, 0.6) is 0 Å². The Kier molecular flexibility index (Phi) is 4.41. The second kappa shape index (κ2) is 5.87. The first-order valence-corrected chi connectivity index (χ1v) is 7.11. The lowest BCUT2D eigenvalue weighted by Gasteiger charge is -2.29. The van der Waals surface area contributed by atoms with Crippen molar-refractivity contribution in [3.63, 3.8) is 0 Å². The average Bonchev–Trinajstić information content (AvgIpc) is 2.29. The van der Waals surface area contributed by atoms with Crippen LogP contribution in [0.3, 0.4) is 0 Å². The fraction of sp³-hybridized carbons (Fsp3) is 0.500. The van der Waals surface area contributed by atoms with Crippen molar-refractivity contribution >= 4 is 23.1 Å². The van der Waals surface area contributed by atoms with Crippen LogP contribution in [0.2, 0.25) is 5.02 Å². The zero-order chi connectivity index (χ0) is 13.9. The largest absolute Gasteiger partial charge is 0.299 e. The third-order valence-electron chi connectivity index (χ3n) is 3.41. The first-order chi connectivity index (χ1) is 8.94. The standard InChI is InChI=1S/C16H20ClNO/c1-16(2)10-14(9-15(19)11-16)18-8-7-12-3-5-13(17)6-4-12/h3-6H,7-11H2,1-2H3. The molecule has 0 atom stereocenters. The predicted molar refractivity (Wildman–Crippen MR) is 80.1 cm³/mol. The molecule has 3 heteroatoms. The molecule has 0 saturated heterocycles. The number of carbonyl (C=O) groups excluding carboxylic acids is 1. The summed E-state index contributed by atoms with van der Waals surface area (Å²) in [4.78, 5) is 16.3. The number of carbonyl (C=O) groups is 1. The number of ketones is 1. The highest BCUT2D eigenvalue weighted by Crippen LogP contribution is 2.31. The second-order valence-corrected chi connectivity index (χ2v) is 6.49. The van der Waals surface area contributed by atoms with Crippen molar-refractivity contribution in [3.8, 4) is 0 Å². The molecule has 0 amide bonds. The lowest BCUT2D eigenvalue weighted by Crippen LogP contribution is -2.29. The van der Waals surface area contributed by atoms with Gasteiger partial charge in [0.05, 0.1) is 0 Å². The molecular weight excluding hydrogens is 258 g/mol. The Balaban J connectivity index is 1.91. The molecule has 1 aliphatic carbocycles. The van der Waals surface area contributed by atoms with E-state index in [1.807, 2.05) is 24.3 Å². The number of benzene rings is 1. The van der Waals surface area contributed by atoms with Crippen molar-refractivity contribution in [2.75, 3.05) is 6.54 Å². The lowest BCUT2D eigenvalue weighted by atomic mass is 9.76. The number of hydrogen-bond acceptors (Lipinski definition) is 2. The molecule has 2 nitrogen and oxygen atoms in total. The van der Waals surface area contributed by atoms with E-state index in [4.69, 9.17) is 11.6 Å². The normalized spacial score (nSPS) is 20.8. The Labute approximate surface area is 119 Å². The summed E-state index contributed by atoms with van der Waals surface area (Å²) in [5.74, 6) is 0.321. The number of rotatable bonds is 3. The summed E-state index contributed by atoms with van der Waals surface area (Å²) in [7, 11) is 0. The zero-order valence-electron chi connectivity index (χ0n) is 11.6. The van der Waals surface area contributed by atoms with Crippen molar-refractivity contribution in [2.24, 2.45) is 10.4 Å². The van der Waals surface area contributed by atoms with Gasteiger partial charge < -0.3 is 0 Å². The maximum absolute atomic E-state index is 11.7. The molecule has 1 saturated carbocycles. The lowest BCUT2D eigenvalue weighted by molar-refractivity contribution is -0.120. The Morgan fingerprint density at radius 3 is 2.53 bits per heavy atom. The van der Waals surface area contributed by atoms with Gasteiger partial charge in [0.1, 0.15) is 5.78 Å². The van der Waals surface area contributed by atoms with E-state index < -0.39 is 0 Å². The molecule has 1 aromatic carbocycles. The molecule has 2 rings (SSSR count). The number of nitrogens with zero attached hydrogens (tertiary/aromatic N) is 1. The quantitative estimate of drug-likeness (QED) is 0.818. The van der Waals surface area contributed by atoms with Gasteiger partial charge in [-0.1, -0.05) is 37.6 Å². The highest BCUT2D eigenvalue weighted by Gasteiger charge is 2.29. The van der Waals surface area contributed by atoms with E-state index in [0.717, 1.165) is 30.1 Å². The highest BCUT2D eigenvalue weighted by atomic mass is 35.5. The summed E-state index contributed by atoms with van der Waals surface area (Å²) in [6.07, 6.45) is 3.07. The number of hydrogen-bond donors (Lipinski definition) is 0. The van der Waals surface area contributed by atoms with Crippen LogP contribution in [0.25, 0.3) is 0 Å². The smallest absolute Gasteiger partial charge is 0.139 e. The molecule has 1 aromatic rings. The van der Waals surface area contributed by atoms with Gasteiger partial charge in [0, 0.05) is 30.1 Å². The maximum Gasteiger partial charge on any atom is 0.139 e. The van der Waals surface area contributed by atoms with Gasteiger partial charge >= 0.3 is 0 Å². The summed E-state index contributed by atoms with van der Waals surface area (Å²) in [5.41, 5.74) is 2.37. The minimum absolute atomic E-state index is 0.0778. The van der Waals surface area contributed by atoms with Crippen LogP contribution >= 0.6 is 11.6 Å². The highest BCUT2D eigenvalue weighted by molar-refractivity contribution is 6.30. The van der Waals surface area contributed by atoms with Gasteiger partial charge in [-0.05, 0) is 36.0 Å². The number of Topliss-reactive ketones (excluding diaryl/α,β-unsaturated/α-hetero) is 1. The predicted octanol–water partition coefficient (Wildman–Crippen LogP) is 4.10. The van der Waals surface area contributed by atoms with E-state index in [1.165, 1.54) is 5.56 Å². The fourth-order valence-electron chi connectivity index (χ4n) is 2.61. The SMILES string of the molecule is CC1(C)CC(=O)CC(=NCCc2ccc(Cl)cc2)C1. The summed E-state index contributed by atoms with van der Waals surface area (Å²) in [6.45, 7) is 5.03. The number of halogens is 1. The number of aliphatic imine (C=N–C) groups is 1. The molecule has 1 aliphatic rings. The van der Waals surface area contributed by atoms with Gasteiger partial charge in [-0.2, -0.15) is 0 Å². The van der Waals surface area contributed by atoms with Crippen molar-refractivity contribution in [3.05, 3.63) is 34.9 Å². The third-order valence-corrected chi connectivity index (χ3v) is 3.66. The minimum Gasteiger partial charge on any atom is -0.299 e. The van der Waals surface area contributed by atoms with Crippen LogP contribution in [0.1, 0.15) is 38.7 Å². The van der Waals surface area contributed by atoms with Gasteiger partial charge in [-0.15, -0.1) is 0 Å². The zero-order valence-corrected chi connectivity index (χ0v) is 12.3. The Hall–Kier alpha value is -1.15. The Bertz CT molecular complexity index is 488. The maximum atomic E-state index is 11.7. The van der Waals surface area contributed by atoms with Crippen LogP contribution in [0, 0.1) is 5.41 Å². The van der Waals surface area contributed by atoms with Crippen molar-refractivity contribution in [1.82, 2.24) is 0 Å². The molecule has 0 bridgehead atoms.